The Morgan fingerprint density at radius 3 is 1.02 bits per heavy atom. The van der Waals surface area contributed by atoms with Crippen LogP contribution in [0.5, 0.6) is 0 Å². The number of nitrogens with zero attached hydrogens (tertiary/aromatic N) is 3. The van der Waals surface area contributed by atoms with Gasteiger partial charge in [-0.15, -0.1) is 0 Å². The summed E-state index contributed by atoms with van der Waals surface area (Å²) in [6.07, 6.45) is 2.04. The van der Waals surface area contributed by atoms with Crippen molar-refractivity contribution in [1.82, 2.24) is 14.1 Å². The molecule has 0 aliphatic heterocycles. The fourth-order valence-electron chi connectivity index (χ4n) is 8.26. The van der Waals surface area contributed by atoms with Gasteiger partial charge < -0.3 is 4.57 Å². The molecule has 3 heterocycles. The maximum absolute atomic E-state index is 5.22. The summed E-state index contributed by atoms with van der Waals surface area (Å²) in [4.78, 5) is 5.22. The third kappa shape index (κ3) is 3.40. The van der Waals surface area contributed by atoms with E-state index in [-0.39, 0.29) is 0 Å². The quantitative estimate of drug-likeness (QED) is 0.191. The van der Waals surface area contributed by atoms with Gasteiger partial charge in [-0.1, -0.05) is 121 Å². The Labute approximate surface area is 275 Å². The number of aromatic nitrogens is 3. The van der Waals surface area contributed by atoms with E-state index in [1.165, 1.54) is 75.7 Å². The fourth-order valence-corrected chi connectivity index (χ4v) is 8.26. The third-order valence-corrected chi connectivity index (χ3v) is 10.3. The Balaban J connectivity index is 1.20. The van der Waals surface area contributed by atoms with Crippen LogP contribution >= 0.6 is 0 Å². The molecule has 11 aromatic rings. The Hall–Kier alpha value is -6.45. The predicted molar refractivity (Wildman–Crippen MR) is 203 cm³/mol. The number of hydrogen-bond acceptors (Lipinski definition) is 1. The molecule has 8 aromatic carbocycles. The van der Waals surface area contributed by atoms with Crippen LogP contribution in [0.3, 0.4) is 0 Å². The van der Waals surface area contributed by atoms with Crippen molar-refractivity contribution in [3.8, 4) is 11.5 Å². The summed E-state index contributed by atoms with van der Waals surface area (Å²) < 4.78 is 4.72. The zero-order valence-corrected chi connectivity index (χ0v) is 25.9. The van der Waals surface area contributed by atoms with Crippen LogP contribution in [0.1, 0.15) is 0 Å². The largest absolute Gasteiger partial charge is 0.308 e. The van der Waals surface area contributed by atoms with Crippen molar-refractivity contribution in [2.24, 2.45) is 0 Å². The molecular weight excluding hydrogens is 583 g/mol. The Kier molecular flexibility index (Phi) is 5.11. The summed E-state index contributed by atoms with van der Waals surface area (Å²) in [6, 6.07) is 57.2. The second-order valence-corrected chi connectivity index (χ2v) is 12.8. The van der Waals surface area contributed by atoms with Crippen LogP contribution in [0.15, 0.2) is 164 Å². The van der Waals surface area contributed by atoms with Crippen LogP contribution in [-0.2, 0) is 0 Å². The molecule has 222 valence electrons. The lowest BCUT2D eigenvalue weighted by Gasteiger charge is -2.11. The molecule has 11 rings (SSSR count). The van der Waals surface area contributed by atoms with E-state index in [1.807, 2.05) is 6.20 Å². The predicted octanol–water partition coefficient (Wildman–Crippen LogP) is 11.9. The van der Waals surface area contributed by atoms with E-state index in [2.05, 4.69) is 167 Å². The average Bonchev–Trinajstić information content (AvgIpc) is 3.69. The van der Waals surface area contributed by atoms with Crippen LogP contribution in [0.25, 0.3) is 98.2 Å². The van der Waals surface area contributed by atoms with Crippen molar-refractivity contribution >= 4 is 86.7 Å². The molecule has 48 heavy (non-hydrogen) atoms. The lowest BCUT2D eigenvalue weighted by Crippen LogP contribution is -2.00. The molecule has 0 atom stereocenters. The van der Waals surface area contributed by atoms with Crippen molar-refractivity contribution in [2.45, 2.75) is 0 Å². The average molecular weight is 610 g/mol. The first-order chi connectivity index (χ1) is 23.8. The molecule has 0 radical (unpaired) electrons. The van der Waals surface area contributed by atoms with E-state index >= 15 is 0 Å². The Morgan fingerprint density at radius 2 is 0.667 bits per heavy atom. The van der Waals surface area contributed by atoms with Crippen molar-refractivity contribution in [1.29, 1.82) is 0 Å². The Morgan fingerprint density at radius 1 is 0.312 bits per heavy atom. The van der Waals surface area contributed by atoms with E-state index in [0.717, 1.165) is 22.5 Å². The number of rotatable bonds is 2. The summed E-state index contributed by atoms with van der Waals surface area (Å²) in [5.41, 5.74) is 5.74. The van der Waals surface area contributed by atoms with Gasteiger partial charge in [-0.25, -0.2) is 4.98 Å². The molecule has 0 amide bonds. The minimum atomic E-state index is 0.904. The van der Waals surface area contributed by atoms with Gasteiger partial charge >= 0.3 is 0 Å². The smallest absolute Gasteiger partial charge is 0.137 e. The summed E-state index contributed by atoms with van der Waals surface area (Å²) >= 11 is 0. The van der Waals surface area contributed by atoms with Crippen LogP contribution in [0.4, 0.5) is 0 Å². The molecule has 0 saturated heterocycles. The molecular formula is C45H27N3. The first-order valence-corrected chi connectivity index (χ1v) is 16.5. The molecule has 0 unspecified atom stereocenters. The molecule has 3 aromatic heterocycles. The third-order valence-electron chi connectivity index (χ3n) is 10.3. The first kappa shape index (κ1) is 25.7. The van der Waals surface area contributed by atoms with Gasteiger partial charge in [0, 0.05) is 21.5 Å². The standard InChI is InChI=1S/C45H27N3/c1-5-13-33-28(9-1)17-22-37-42(33)43-34-14-6-2-10-29(34)18-23-38(43)47(37)32-21-26-41(46-27-32)48-39-24-19-30-11-3-7-15-35(30)44(39)45-36-16-8-4-12-31(36)20-25-40(45)48/h1-27H. The van der Waals surface area contributed by atoms with Gasteiger partial charge in [0.15, 0.2) is 0 Å². The van der Waals surface area contributed by atoms with E-state index < -0.39 is 0 Å². The van der Waals surface area contributed by atoms with Crippen LogP contribution < -0.4 is 0 Å². The van der Waals surface area contributed by atoms with E-state index in [4.69, 9.17) is 4.98 Å². The Bertz CT molecular complexity index is 2710. The molecule has 0 N–H and O–H groups in total. The van der Waals surface area contributed by atoms with Crippen molar-refractivity contribution < 1.29 is 0 Å². The van der Waals surface area contributed by atoms with Crippen LogP contribution in [-0.4, -0.2) is 14.1 Å². The van der Waals surface area contributed by atoms with Crippen molar-refractivity contribution in [2.75, 3.05) is 0 Å². The van der Waals surface area contributed by atoms with Gasteiger partial charge in [-0.2, -0.15) is 0 Å². The fraction of sp³-hybridized carbons (Fsp3) is 0. The first-order valence-electron chi connectivity index (χ1n) is 16.5. The van der Waals surface area contributed by atoms with Gasteiger partial charge in [0.2, 0.25) is 0 Å². The van der Waals surface area contributed by atoms with Gasteiger partial charge in [0.25, 0.3) is 0 Å². The normalized spacial score (nSPS) is 12.2. The highest BCUT2D eigenvalue weighted by Gasteiger charge is 2.20. The highest BCUT2D eigenvalue weighted by Crippen LogP contribution is 2.42. The van der Waals surface area contributed by atoms with Crippen molar-refractivity contribution in [3.63, 3.8) is 0 Å². The zero-order chi connectivity index (χ0) is 31.3. The van der Waals surface area contributed by atoms with Gasteiger partial charge in [0.05, 0.1) is 34.0 Å². The van der Waals surface area contributed by atoms with Gasteiger partial charge in [-0.3, -0.25) is 4.57 Å². The minimum absolute atomic E-state index is 0.904. The van der Waals surface area contributed by atoms with Crippen LogP contribution in [0, 0.1) is 0 Å². The summed E-state index contributed by atoms with van der Waals surface area (Å²) in [6.45, 7) is 0. The number of benzene rings is 8. The summed E-state index contributed by atoms with van der Waals surface area (Å²) in [5.74, 6) is 0.904. The maximum Gasteiger partial charge on any atom is 0.137 e. The second kappa shape index (κ2) is 9.54. The molecule has 0 fully saturated rings. The molecule has 0 bridgehead atoms. The number of pyridine rings is 1. The monoisotopic (exact) mass is 609 g/mol. The van der Waals surface area contributed by atoms with Crippen LogP contribution in [0.2, 0.25) is 0 Å². The lowest BCUT2D eigenvalue weighted by molar-refractivity contribution is 1.05. The molecule has 0 saturated carbocycles. The maximum atomic E-state index is 5.22. The molecule has 3 nitrogen and oxygen atoms in total. The van der Waals surface area contributed by atoms with E-state index in [0.29, 0.717) is 0 Å². The molecule has 0 spiro atoms. The highest BCUT2D eigenvalue weighted by molar-refractivity contribution is 6.29. The van der Waals surface area contributed by atoms with Crippen molar-refractivity contribution in [3.05, 3.63) is 164 Å². The summed E-state index contributed by atoms with van der Waals surface area (Å²) in [7, 11) is 0. The SMILES string of the molecule is c1ccc2c(c1)ccc1c2c2c3ccccc3ccc2n1-c1ccc(-n2c3ccc4ccccc4c3c3c4ccccc4ccc32)nc1. The molecule has 0 aliphatic rings. The van der Waals surface area contributed by atoms with E-state index in [9.17, 15) is 0 Å². The zero-order valence-electron chi connectivity index (χ0n) is 25.9. The molecule has 0 aliphatic carbocycles. The molecule has 3 heteroatoms. The van der Waals surface area contributed by atoms with Gasteiger partial charge in [0.1, 0.15) is 5.82 Å². The summed E-state index contributed by atoms with van der Waals surface area (Å²) in [5, 5.41) is 15.1. The number of hydrogen-bond donors (Lipinski definition) is 0. The number of fused-ring (bicyclic) bond motifs is 14. The van der Waals surface area contributed by atoms with Gasteiger partial charge in [-0.05, 0) is 79.5 Å². The second-order valence-electron chi connectivity index (χ2n) is 12.8. The highest BCUT2D eigenvalue weighted by atomic mass is 15.1. The minimum Gasteiger partial charge on any atom is -0.308 e. The topological polar surface area (TPSA) is 22.8 Å². The lowest BCUT2D eigenvalue weighted by atomic mass is 10.00. The van der Waals surface area contributed by atoms with E-state index in [1.54, 1.807) is 0 Å².